The molecule has 3 fully saturated rings. The van der Waals surface area contributed by atoms with Gasteiger partial charge in [0.1, 0.15) is 16.6 Å². The van der Waals surface area contributed by atoms with Gasteiger partial charge in [0.15, 0.2) is 0 Å². The van der Waals surface area contributed by atoms with E-state index < -0.39 is 40.5 Å². The van der Waals surface area contributed by atoms with Gasteiger partial charge in [0.25, 0.3) is 0 Å². The number of methoxy groups -OCH3 is 1. The smallest absolute Gasteiger partial charge is 0.335 e. The minimum absolute atomic E-state index is 0.164. The van der Waals surface area contributed by atoms with Gasteiger partial charge in [-0.15, -0.1) is 0 Å². The highest BCUT2D eigenvalue weighted by atomic mass is 16.6. The van der Waals surface area contributed by atoms with E-state index >= 15 is 0 Å². The molecule has 47 heavy (non-hydrogen) atoms. The van der Waals surface area contributed by atoms with Crippen LogP contribution in [0.5, 0.6) is 0 Å². The molecule has 1 aromatic carbocycles. The van der Waals surface area contributed by atoms with Crippen LogP contribution in [0.15, 0.2) is 59.7 Å². The first-order valence-corrected chi connectivity index (χ1v) is 16.2. The molecule has 2 bridgehead atoms. The predicted octanol–water partition coefficient (Wildman–Crippen LogP) is 4.56. The number of piperidine rings is 1. The number of allylic oxidation sites excluding steroid dienone is 3. The minimum atomic E-state index is -1.16. The molecular weight excluding hydrogens is 604 g/mol. The Kier molecular flexibility index (Phi) is 11.4. The topological polar surface area (TPSA) is 157 Å². The lowest BCUT2D eigenvalue weighted by Gasteiger charge is -2.54. The number of amides is 1. The summed E-state index contributed by atoms with van der Waals surface area (Å²) in [5, 5.41) is 15.1. The highest BCUT2D eigenvalue weighted by molar-refractivity contribution is 5.93. The molecule has 2 saturated heterocycles. The zero-order chi connectivity index (χ0) is 34.2. The Hall–Kier alpha value is -4.25. The Labute approximate surface area is 275 Å². The number of nitrogens with one attached hydrogen (secondary N) is 2. The SMILES string of the molecule is C1CCNCC1.COC(=O)C1=CC[C@@]23CC[C@@H]([C@@](C)(/C=C/C=C(\C)C(=O)NCc4ccc(C(=O)O)cc4)OC2=O)[C@@]3(OC(C)=O)CC1. The summed E-state index contributed by atoms with van der Waals surface area (Å²) in [5.41, 5.74) is -1.61. The summed E-state index contributed by atoms with van der Waals surface area (Å²) >= 11 is 0. The molecule has 1 amide bonds. The Morgan fingerprint density at radius 1 is 1.09 bits per heavy atom. The Morgan fingerprint density at radius 2 is 1.79 bits per heavy atom. The monoisotopic (exact) mass is 650 g/mol. The van der Waals surface area contributed by atoms with Gasteiger partial charge in [0.2, 0.25) is 5.91 Å². The second kappa shape index (κ2) is 15.1. The van der Waals surface area contributed by atoms with Crippen LogP contribution in [0.2, 0.25) is 0 Å². The molecule has 2 aliphatic carbocycles. The van der Waals surface area contributed by atoms with E-state index in [-0.39, 0.29) is 36.8 Å². The van der Waals surface area contributed by atoms with Crippen molar-refractivity contribution in [3.8, 4) is 0 Å². The van der Waals surface area contributed by atoms with Crippen molar-refractivity contribution in [1.29, 1.82) is 0 Å². The van der Waals surface area contributed by atoms with Crippen molar-refractivity contribution in [2.45, 2.75) is 89.9 Å². The first-order chi connectivity index (χ1) is 22.4. The number of esters is 3. The van der Waals surface area contributed by atoms with E-state index in [0.717, 1.165) is 5.56 Å². The minimum Gasteiger partial charge on any atom is -0.478 e. The summed E-state index contributed by atoms with van der Waals surface area (Å²) in [6, 6.07) is 6.22. The van der Waals surface area contributed by atoms with Gasteiger partial charge in [-0.2, -0.15) is 0 Å². The van der Waals surface area contributed by atoms with Crippen molar-refractivity contribution >= 4 is 29.8 Å². The largest absolute Gasteiger partial charge is 0.478 e. The molecule has 0 spiro atoms. The molecule has 4 atom stereocenters. The Bertz CT molecular complexity index is 1450. The molecule has 0 radical (unpaired) electrons. The van der Waals surface area contributed by atoms with E-state index in [4.69, 9.17) is 19.3 Å². The number of hydrogen-bond donors (Lipinski definition) is 3. The zero-order valence-corrected chi connectivity index (χ0v) is 27.7. The van der Waals surface area contributed by atoms with Crippen molar-refractivity contribution in [3.05, 3.63) is 70.8 Å². The normalized spacial score (nSPS) is 28.4. The fourth-order valence-corrected chi connectivity index (χ4v) is 7.34. The molecule has 0 aromatic heterocycles. The number of carbonyl (C=O) groups excluding carboxylic acids is 4. The molecule has 11 nitrogen and oxygen atoms in total. The fourth-order valence-electron chi connectivity index (χ4n) is 7.34. The van der Waals surface area contributed by atoms with Crippen LogP contribution >= 0.6 is 0 Å². The van der Waals surface area contributed by atoms with Crippen molar-refractivity contribution in [3.63, 3.8) is 0 Å². The molecule has 1 saturated carbocycles. The molecule has 2 heterocycles. The van der Waals surface area contributed by atoms with Crippen molar-refractivity contribution < 1.29 is 43.3 Å². The van der Waals surface area contributed by atoms with E-state index in [1.165, 1.54) is 58.5 Å². The van der Waals surface area contributed by atoms with E-state index in [1.54, 1.807) is 50.3 Å². The van der Waals surface area contributed by atoms with Crippen LogP contribution in [-0.2, 0) is 39.9 Å². The highest BCUT2D eigenvalue weighted by Crippen LogP contribution is 2.65. The third-order valence-electron chi connectivity index (χ3n) is 9.86. The van der Waals surface area contributed by atoms with E-state index in [9.17, 15) is 24.0 Å². The number of rotatable bonds is 8. The maximum absolute atomic E-state index is 13.7. The average Bonchev–Trinajstić information content (AvgIpc) is 3.21. The van der Waals surface area contributed by atoms with Gasteiger partial charge < -0.3 is 30.0 Å². The van der Waals surface area contributed by atoms with Crippen LogP contribution in [0.25, 0.3) is 0 Å². The van der Waals surface area contributed by atoms with Crippen molar-refractivity contribution in [2.24, 2.45) is 11.3 Å². The number of aromatic carboxylic acids is 1. The maximum atomic E-state index is 13.7. The van der Waals surface area contributed by atoms with Crippen molar-refractivity contribution in [1.82, 2.24) is 10.6 Å². The summed E-state index contributed by atoms with van der Waals surface area (Å²) in [7, 11) is 1.30. The number of hydrogen-bond acceptors (Lipinski definition) is 9. The lowest BCUT2D eigenvalue weighted by molar-refractivity contribution is -0.235. The number of benzene rings is 1. The van der Waals surface area contributed by atoms with Gasteiger partial charge in [0, 0.05) is 30.5 Å². The van der Waals surface area contributed by atoms with Crippen LogP contribution in [-0.4, -0.2) is 66.3 Å². The summed E-state index contributed by atoms with van der Waals surface area (Å²) in [6.07, 6.45) is 12.7. The summed E-state index contributed by atoms with van der Waals surface area (Å²) in [4.78, 5) is 62.0. The number of cyclic esters (lactones) is 1. The maximum Gasteiger partial charge on any atom is 0.335 e. The third-order valence-corrected chi connectivity index (χ3v) is 9.86. The quantitative estimate of drug-likeness (QED) is 0.158. The number of ether oxygens (including phenoxy) is 3. The van der Waals surface area contributed by atoms with Gasteiger partial charge in [-0.05, 0) is 95.7 Å². The van der Waals surface area contributed by atoms with E-state index in [2.05, 4.69) is 10.6 Å². The lowest BCUT2D eigenvalue weighted by atomic mass is 9.62. The van der Waals surface area contributed by atoms with E-state index in [1.807, 2.05) is 0 Å². The Balaban J connectivity index is 0.000000748. The second-order valence-electron chi connectivity index (χ2n) is 12.9. The van der Waals surface area contributed by atoms with Crippen LogP contribution in [0.3, 0.4) is 0 Å². The molecule has 0 unspecified atom stereocenters. The third kappa shape index (κ3) is 7.67. The Morgan fingerprint density at radius 3 is 2.36 bits per heavy atom. The standard InChI is InChI=1S/C31H35NO9.C5H11N/c1-19(25(34)32-18-21-7-9-22(10-8-21)26(35)36)6-5-14-29(3)24-13-16-30(28(38)41-29)15-11-23(27(37)39-4)12-17-31(24,30)40-20(2)33;1-2-4-6-5-3-1/h5-11,14,24H,12-13,15-18H2,1-4H3,(H,32,34)(H,35,36);6H,1-5H2/b14-5+,19-6+;/t24-,29+,30+,31-;/m0./s1. The first kappa shape index (κ1) is 35.6. The predicted molar refractivity (Wildman–Crippen MR) is 173 cm³/mol. The average molecular weight is 651 g/mol. The summed E-state index contributed by atoms with van der Waals surface area (Å²) in [5.74, 6) is -3.16. The molecule has 2 aliphatic heterocycles. The van der Waals surface area contributed by atoms with Crippen LogP contribution in [0.4, 0.5) is 0 Å². The molecular formula is C36H46N2O9. The zero-order valence-electron chi connectivity index (χ0n) is 27.7. The number of carboxylic acids is 1. The van der Waals surface area contributed by atoms with Gasteiger partial charge in [-0.1, -0.05) is 36.8 Å². The lowest BCUT2D eigenvalue weighted by Crippen LogP contribution is -2.65. The van der Waals surface area contributed by atoms with Gasteiger partial charge in [-0.3, -0.25) is 14.4 Å². The highest BCUT2D eigenvalue weighted by Gasteiger charge is 2.74. The van der Waals surface area contributed by atoms with E-state index in [0.29, 0.717) is 30.4 Å². The summed E-state index contributed by atoms with van der Waals surface area (Å²) < 4.78 is 17.0. The van der Waals surface area contributed by atoms with Gasteiger partial charge in [-0.25, -0.2) is 9.59 Å². The van der Waals surface area contributed by atoms with Gasteiger partial charge in [0.05, 0.1) is 12.7 Å². The van der Waals surface area contributed by atoms with Crippen LogP contribution in [0, 0.1) is 11.3 Å². The van der Waals surface area contributed by atoms with Gasteiger partial charge >= 0.3 is 23.9 Å². The molecule has 11 heteroatoms. The second-order valence-corrected chi connectivity index (χ2v) is 12.9. The first-order valence-electron chi connectivity index (χ1n) is 16.2. The molecule has 254 valence electrons. The van der Waals surface area contributed by atoms with Crippen molar-refractivity contribution in [2.75, 3.05) is 20.2 Å². The molecule has 3 N–H and O–H groups in total. The molecule has 4 aliphatic rings. The number of carboxylic acid groups (broad SMARTS) is 1. The molecule has 5 rings (SSSR count). The van der Waals surface area contributed by atoms with Crippen LogP contribution < -0.4 is 10.6 Å². The van der Waals surface area contributed by atoms with Crippen LogP contribution in [0.1, 0.15) is 88.1 Å². The fraction of sp³-hybridized carbons (Fsp3) is 0.528. The number of carbonyl (C=O) groups is 5. The summed E-state index contributed by atoms with van der Waals surface area (Å²) in [6.45, 7) is 7.46. The molecule has 1 aromatic rings.